The summed E-state index contributed by atoms with van der Waals surface area (Å²) in [6.45, 7) is 11.0. The van der Waals surface area contributed by atoms with E-state index in [1.807, 2.05) is 0 Å². The number of carbonyl (C=O) groups excluding carboxylic acids is 4. The first kappa shape index (κ1) is 33.1. The van der Waals surface area contributed by atoms with E-state index < -0.39 is 29.7 Å². The van der Waals surface area contributed by atoms with Gasteiger partial charge in [-0.15, -0.1) is 5.10 Å². The Hall–Kier alpha value is -3.14. The Balaban J connectivity index is 1.78. The van der Waals surface area contributed by atoms with E-state index >= 15 is 0 Å². The molecule has 2 rings (SSSR count). The van der Waals surface area contributed by atoms with Crippen molar-refractivity contribution in [2.24, 2.45) is 5.92 Å². The smallest absolute Gasteiger partial charge is 0.325 e. The third kappa shape index (κ3) is 13.8. The molecule has 0 spiro atoms. The first-order chi connectivity index (χ1) is 19.3. The van der Waals surface area contributed by atoms with Crippen molar-refractivity contribution >= 4 is 23.7 Å². The topological polar surface area (TPSA) is 184 Å². The lowest BCUT2D eigenvalue weighted by Gasteiger charge is -2.22. The number of amides is 3. The van der Waals surface area contributed by atoms with Gasteiger partial charge >= 0.3 is 5.97 Å². The Kier molecular flexibility index (Phi) is 15.7. The highest BCUT2D eigenvalue weighted by atomic mass is 16.5. The van der Waals surface area contributed by atoms with Crippen LogP contribution in [0, 0.1) is 5.92 Å². The van der Waals surface area contributed by atoms with Crippen LogP contribution in [-0.4, -0.2) is 122 Å². The minimum absolute atomic E-state index is 0.0903. The van der Waals surface area contributed by atoms with Crippen LogP contribution in [0.3, 0.4) is 0 Å². The van der Waals surface area contributed by atoms with Crippen LogP contribution in [-0.2, 0) is 37.0 Å². The minimum atomic E-state index is -0.866. The highest BCUT2D eigenvalue weighted by Gasteiger charge is 2.24. The van der Waals surface area contributed by atoms with Crippen LogP contribution in [0.5, 0.6) is 0 Å². The lowest BCUT2D eigenvalue weighted by Crippen LogP contribution is -2.52. The number of nitrogens with zero attached hydrogens (tertiary/aromatic N) is 4. The second-order valence-electron chi connectivity index (χ2n) is 10.0. The quantitative estimate of drug-likeness (QED) is 0.152. The van der Waals surface area contributed by atoms with Crippen LogP contribution in [0.15, 0.2) is 6.20 Å². The van der Waals surface area contributed by atoms with Gasteiger partial charge in [0.05, 0.1) is 25.5 Å². The third-order valence-electron chi connectivity index (χ3n) is 6.24. The number of ether oxygens (including phenoxy) is 1. The number of methoxy groups -OCH3 is 1. The van der Waals surface area contributed by atoms with Crippen molar-refractivity contribution in [1.82, 2.24) is 51.8 Å². The van der Waals surface area contributed by atoms with Crippen LogP contribution < -0.4 is 31.9 Å². The van der Waals surface area contributed by atoms with E-state index in [0.29, 0.717) is 6.54 Å². The number of nitrogens with one attached hydrogen (secondary N) is 6. The van der Waals surface area contributed by atoms with Crippen molar-refractivity contribution in [3.8, 4) is 0 Å². The molecule has 1 aromatic heterocycles. The zero-order valence-electron chi connectivity index (χ0n) is 24.0. The molecule has 1 aliphatic rings. The third-order valence-corrected chi connectivity index (χ3v) is 6.24. The van der Waals surface area contributed by atoms with E-state index in [0.717, 1.165) is 70.9 Å². The van der Waals surface area contributed by atoms with Gasteiger partial charge in [0.2, 0.25) is 17.7 Å². The summed E-state index contributed by atoms with van der Waals surface area (Å²) in [4.78, 5) is 50.7. The lowest BCUT2D eigenvalue weighted by atomic mass is 10.0. The standard InChI is InChI=1S/C25H46N10O5/c1-19(2)24(25(39)30-15-23(38)40-3)31-21(36)14-29-22(37)18-35-17-20(32-33-35)16-34-12-5-8-27-10-9-26-6-4-7-28-11-13-34/h17,19,24,26-28H,4-16,18H2,1-3H3,(H,29,37)(H,30,39)(H,31,36). The molecule has 0 bridgehead atoms. The molecule has 226 valence electrons. The summed E-state index contributed by atoms with van der Waals surface area (Å²) < 4.78 is 5.94. The Morgan fingerprint density at radius 1 is 0.925 bits per heavy atom. The van der Waals surface area contributed by atoms with Crippen molar-refractivity contribution in [2.45, 2.75) is 45.8 Å². The fourth-order valence-electron chi connectivity index (χ4n) is 4.03. The molecule has 15 heteroatoms. The van der Waals surface area contributed by atoms with Gasteiger partial charge in [-0.1, -0.05) is 19.1 Å². The number of hydrogen-bond acceptors (Lipinski definition) is 11. The summed E-state index contributed by atoms with van der Waals surface area (Å²) in [5, 5.41) is 26.2. The number of rotatable bonds is 11. The average Bonchev–Trinajstić information content (AvgIpc) is 3.37. The Morgan fingerprint density at radius 3 is 2.33 bits per heavy atom. The van der Waals surface area contributed by atoms with Crippen molar-refractivity contribution in [3.05, 3.63) is 11.9 Å². The van der Waals surface area contributed by atoms with Crippen LogP contribution in [0.1, 0.15) is 32.4 Å². The zero-order chi connectivity index (χ0) is 29.2. The number of hydrogen-bond donors (Lipinski definition) is 6. The molecule has 15 nitrogen and oxygen atoms in total. The maximum Gasteiger partial charge on any atom is 0.325 e. The van der Waals surface area contributed by atoms with Gasteiger partial charge in [0.1, 0.15) is 19.1 Å². The molecule has 1 unspecified atom stereocenters. The van der Waals surface area contributed by atoms with E-state index in [1.54, 1.807) is 20.0 Å². The van der Waals surface area contributed by atoms with Crippen LogP contribution in [0.25, 0.3) is 0 Å². The van der Waals surface area contributed by atoms with Gasteiger partial charge in [0.25, 0.3) is 0 Å². The fraction of sp³-hybridized carbons (Fsp3) is 0.760. The second-order valence-corrected chi connectivity index (χ2v) is 10.0. The molecule has 40 heavy (non-hydrogen) atoms. The van der Waals surface area contributed by atoms with E-state index in [9.17, 15) is 19.2 Å². The number of esters is 1. The summed E-state index contributed by atoms with van der Waals surface area (Å²) in [7, 11) is 1.22. The van der Waals surface area contributed by atoms with E-state index in [-0.39, 0.29) is 25.6 Å². The summed E-state index contributed by atoms with van der Waals surface area (Å²) in [6.07, 6.45) is 3.84. The van der Waals surface area contributed by atoms with Gasteiger partial charge in [-0.05, 0) is 44.9 Å². The van der Waals surface area contributed by atoms with E-state index in [1.165, 1.54) is 11.8 Å². The van der Waals surface area contributed by atoms with Gasteiger partial charge in [-0.3, -0.25) is 24.1 Å². The van der Waals surface area contributed by atoms with Crippen LogP contribution >= 0.6 is 0 Å². The Morgan fingerprint density at radius 2 is 1.62 bits per heavy atom. The molecule has 3 amide bonds. The Bertz CT molecular complexity index is 912. The lowest BCUT2D eigenvalue weighted by molar-refractivity contribution is -0.141. The van der Waals surface area contributed by atoms with Crippen LogP contribution in [0.2, 0.25) is 0 Å². The molecular weight excluding hydrogens is 520 g/mol. The molecule has 6 N–H and O–H groups in total. The fourth-order valence-corrected chi connectivity index (χ4v) is 4.03. The van der Waals surface area contributed by atoms with Gasteiger partial charge < -0.3 is 36.6 Å². The largest absolute Gasteiger partial charge is 0.468 e. The zero-order valence-corrected chi connectivity index (χ0v) is 24.0. The number of aromatic nitrogens is 3. The Labute approximate surface area is 235 Å². The maximum atomic E-state index is 12.4. The first-order valence-electron chi connectivity index (χ1n) is 13.9. The molecule has 0 saturated carbocycles. The van der Waals surface area contributed by atoms with Gasteiger partial charge in [-0.2, -0.15) is 0 Å². The van der Waals surface area contributed by atoms with Gasteiger partial charge in [0.15, 0.2) is 0 Å². The normalized spacial score (nSPS) is 16.9. The first-order valence-corrected chi connectivity index (χ1v) is 13.9. The summed E-state index contributed by atoms with van der Waals surface area (Å²) in [5.74, 6) is -2.28. The molecule has 1 atom stereocenters. The predicted octanol–water partition coefficient (Wildman–Crippen LogP) is -2.81. The maximum absolute atomic E-state index is 12.4. The van der Waals surface area contributed by atoms with Crippen LogP contribution in [0.4, 0.5) is 0 Å². The molecule has 1 fully saturated rings. The molecule has 0 radical (unpaired) electrons. The van der Waals surface area contributed by atoms with Crippen molar-refractivity contribution in [2.75, 3.05) is 72.6 Å². The molecule has 0 aromatic carbocycles. The van der Waals surface area contributed by atoms with Gasteiger partial charge in [-0.25, -0.2) is 4.68 Å². The molecule has 1 aliphatic heterocycles. The SMILES string of the molecule is COC(=O)CNC(=O)C(NC(=O)CNC(=O)Cn1cc(CN2CCCNCCNCCCNCC2)nn1)C(C)C. The highest BCUT2D eigenvalue weighted by molar-refractivity contribution is 5.91. The molecule has 1 aromatic rings. The predicted molar refractivity (Wildman–Crippen MR) is 148 cm³/mol. The summed E-state index contributed by atoms with van der Waals surface area (Å²) in [6, 6.07) is -0.866. The molecule has 1 saturated heterocycles. The van der Waals surface area contributed by atoms with Gasteiger partial charge in [0, 0.05) is 32.7 Å². The summed E-state index contributed by atoms with van der Waals surface area (Å²) >= 11 is 0. The molecular formula is C25H46N10O5. The highest BCUT2D eigenvalue weighted by Crippen LogP contribution is 2.03. The van der Waals surface area contributed by atoms with Crippen molar-refractivity contribution in [1.29, 1.82) is 0 Å². The second kappa shape index (κ2) is 19.0. The minimum Gasteiger partial charge on any atom is -0.468 e. The monoisotopic (exact) mass is 566 g/mol. The molecule has 0 aliphatic carbocycles. The summed E-state index contributed by atoms with van der Waals surface area (Å²) in [5.41, 5.74) is 0.765. The van der Waals surface area contributed by atoms with Crippen molar-refractivity contribution in [3.63, 3.8) is 0 Å². The van der Waals surface area contributed by atoms with E-state index in [4.69, 9.17) is 0 Å². The van der Waals surface area contributed by atoms with Crippen molar-refractivity contribution < 1.29 is 23.9 Å². The average molecular weight is 567 g/mol. The number of carbonyl (C=O) groups is 4. The van der Waals surface area contributed by atoms with E-state index in [2.05, 4.69) is 51.8 Å². The molecule has 2 heterocycles.